The fourth-order valence-corrected chi connectivity index (χ4v) is 1.56. The molecule has 0 fully saturated rings. The summed E-state index contributed by atoms with van der Waals surface area (Å²) >= 11 is 5.45. The standard InChI is InChI=1S/C11H14ClF/c1-11(2,3)9-7-5-4-6-8(9)10(12)13/h4-7,10H,1-3H3. The second-order valence-electron chi connectivity index (χ2n) is 4.14. The molecule has 13 heavy (non-hydrogen) atoms. The number of hydrogen-bond acceptors (Lipinski definition) is 0. The van der Waals surface area contributed by atoms with Gasteiger partial charge < -0.3 is 0 Å². The van der Waals surface area contributed by atoms with Gasteiger partial charge in [-0.2, -0.15) is 0 Å². The SMILES string of the molecule is CC(C)(C)c1ccccc1C(F)Cl. The second-order valence-corrected chi connectivity index (χ2v) is 4.52. The summed E-state index contributed by atoms with van der Waals surface area (Å²) in [5.41, 5.74) is 0.0834. The number of alkyl halides is 2. The van der Waals surface area contributed by atoms with E-state index < -0.39 is 5.63 Å². The Balaban J connectivity index is 3.20. The van der Waals surface area contributed by atoms with Crippen LogP contribution in [0.25, 0.3) is 0 Å². The van der Waals surface area contributed by atoms with Gasteiger partial charge in [0, 0.05) is 5.56 Å². The van der Waals surface area contributed by atoms with Gasteiger partial charge in [-0.15, -0.1) is 0 Å². The molecule has 0 aliphatic heterocycles. The van der Waals surface area contributed by atoms with E-state index in [4.69, 9.17) is 11.6 Å². The zero-order valence-corrected chi connectivity index (χ0v) is 8.90. The quantitative estimate of drug-likeness (QED) is 0.597. The first-order chi connectivity index (χ1) is 5.93. The Morgan fingerprint density at radius 1 is 1.23 bits per heavy atom. The van der Waals surface area contributed by atoms with Gasteiger partial charge in [0.05, 0.1) is 0 Å². The molecule has 0 saturated heterocycles. The van der Waals surface area contributed by atoms with E-state index in [9.17, 15) is 4.39 Å². The van der Waals surface area contributed by atoms with E-state index in [1.54, 1.807) is 12.1 Å². The summed E-state index contributed by atoms with van der Waals surface area (Å²) in [6, 6.07) is 7.37. The van der Waals surface area contributed by atoms with Crippen LogP contribution in [-0.4, -0.2) is 0 Å². The van der Waals surface area contributed by atoms with Crippen molar-refractivity contribution in [3.63, 3.8) is 0 Å². The molecule has 72 valence electrons. The largest absolute Gasteiger partial charge is 0.225 e. The molecule has 0 heterocycles. The van der Waals surface area contributed by atoms with Crippen molar-refractivity contribution < 1.29 is 4.39 Å². The molecule has 0 spiro atoms. The maximum atomic E-state index is 13.0. The van der Waals surface area contributed by atoms with Gasteiger partial charge in [0.25, 0.3) is 0 Å². The van der Waals surface area contributed by atoms with Crippen LogP contribution < -0.4 is 0 Å². The molecular formula is C11H14ClF. The predicted molar refractivity (Wildman–Crippen MR) is 54.8 cm³/mol. The molecule has 1 rings (SSSR count). The van der Waals surface area contributed by atoms with E-state index in [0.717, 1.165) is 5.56 Å². The zero-order valence-electron chi connectivity index (χ0n) is 8.14. The van der Waals surface area contributed by atoms with E-state index in [2.05, 4.69) is 0 Å². The van der Waals surface area contributed by atoms with Gasteiger partial charge in [-0.3, -0.25) is 0 Å². The highest BCUT2D eigenvalue weighted by Crippen LogP contribution is 2.32. The molecule has 0 radical (unpaired) electrons. The Morgan fingerprint density at radius 3 is 2.15 bits per heavy atom. The Kier molecular flexibility index (Phi) is 2.97. The summed E-state index contributed by atoms with van der Waals surface area (Å²) in [6.07, 6.45) is 0. The van der Waals surface area contributed by atoms with Crippen molar-refractivity contribution in [2.45, 2.75) is 31.8 Å². The summed E-state index contributed by atoms with van der Waals surface area (Å²) in [6.45, 7) is 6.14. The van der Waals surface area contributed by atoms with Crippen molar-refractivity contribution in [1.29, 1.82) is 0 Å². The number of halogens is 2. The highest BCUT2D eigenvalue weighted by molar-refractivity contribution is 6.19. The topological polar surface area (TPSA) is 0 Å². The molecule has 0 amide bonds. The van der Waals surface area contributed by atoms with Crippen molar-refractivity contribution in [1.82, 2.24) is 0 Å². The van der Waals surface area contributed by atoms with Gasteiger partial charge in [0.2, 0.25) is 0 Å². The minimum atomic E-state index is -1.41. The average Bonchev–Trinajstić information content (AvgIpc) is 2.03. The predicted octanol–water partition coefficient (Wildman–Crippen LogP) is 4.19. The molecule has 0 saturated carbocycles. The van der Waals surface area contributed by atoms with Crippen molar-refractivity contribution in [2.24, 2.45) is 0 Å². The minimum Gasteiger partial charge on any atom is -0.225 e. The van der Waals surface area contributed by atoms with E-state index in [-0.39, 0.29) is 5.41 Å². The van der Waals surface area contributed by atoms with Crippen molar-refractivity contribution >= 4 is 11.6 Å². The van der Waals surface area contributed by atoms with Crippen LogP contribution in [0.3, 0.4) is 0 Å². The van der Waals surface area contributed by atoms with Gasteiger partial charge in [-0.1, -0.05) is 56.6 Å². The lowest BCUT2D eigenvalue weighted by Crippen LogP contribution is -2.14. The van der Waals surface area contributed by atoms with Crippen LogP contribution in [0.5, 0.6) is 0 Å². The Bertz CT molecular complexity index is 286. The van der Waals surface area contributed by atoms with E-state index in [0.29, 0.717) is 5.56 Å². The number of benzene rings is 1. The molecule has 1 aromatic carbocycles. The lowest BCUT2D eigenvalue weighted by Gasteiger charge is -2.22. The first kappa shape index (κ1) is 10.5. The second kappa shape index (κ2) is 3.67. The van der Waals surface area contributed by atoms with E-state index >= 15 is 0 Å². The van der Waals surface area contributed by atoms with Crippen molar-refractivity contribution in [2.75, 3.05) is 0 Å². The van der Waals surface area contributed by atoms with Gasteiger partial charge in [0.15, 0.2) is 5.63 Å². The summed E-state index contributed by atoms with van der Waals surface area (Å²) in [4.78, 5) is 0. The molecule has 0 nitrogen and oxygen atoms in total. The van der Waals surface area contributed by atoms with Crippen LogP contribution >= 0.6 is 11.6 Å². The maximum absolute atomic E-state index is 13.0. The van der Waals surface area contributed by atoms with Gasteiger partial charge in [-0.25, -0.2) is 4.39 Å². The third kappa shape index (κ3) is 2.44. The monoisotopic (exact) mass is 200 g/mol. The third-order valence-corrected chi connectivity index (χ3v) is 2.24. The summed E-state index contributed by atoms with van der Waals surface area (Å²) in [5.74, 6) is 0. The van der Waals surface area contributed by atoms with Crippen LogP contribution in [0.1, 0.15) is 37.5 Å². The highest BCUT2D eigenvalue weighted by Gasteiger charge is 2.20. The molecule has 0 N–H and O–H groups in total. The summed E-state index contributed by atoms with van der Waals surface area (Å²) in [7, 11) is 0. The molecule has 1 unspecified atom stereocenters. The third-order valence-electron chi connectivity index (χ3n) is 2.00. The number of rotatable bonds is 1. The van der Waals surface area contributed by atoms with Gasteiger partial charge in [0.1, 0.15) is 0 Å². The first-order valence-corrected chi connectivity index (χ1v) is 4.74. The minimum absolute atomic E-state index is 0.0597. The summed E-state index contributed by atoms with van der Waals surface area (Å²) in [5, 5.41) is 0. The lowest BCUT2D eigenvalue weighted by molar-refractivity contribution is 0.448. The normalized spacial score (nSPS) is 14.2. The van der Waals surface area contributed by atoms with E-state index in [1.165, 1.54) is 0 Å². The fraction of sp³-hybridized carbons (Fsp3) is 0.455. The molecule has 0 aromatic heterocycles. The van der Waals surface area contributed by atoms with Crippen LogP contribution in [0, 0.1) is 0 Å². The van der Waals surface area contributed by atoms with Gasteiger partial charge in [-0.05, 0) is 11.0 Å². The molecule has 1 atom stereocenters. The van der Waals surface area contributed by atoms with Crippen LogP contribution in [0.15, 0.2) is 24.3 Å². The van der Waals surface area contributed by atoms with Crippen molar-refractivity contribution in [3.05, 3.63) is 35.4 Å². The molecule has 0 bridgehead atoms. The molecular weight excluding hydrogens is 187 g/mol. The van der Waals surface area contributed by atoms with Crippen molar-refractivity contribution in [3.8, 4) is 0 Å². The first-order valence-electron chi connectivity index (χ1n) is 4.30. The molecule has 0 aliphatic rings. The fourth-order valence-electron chi connectivity index (χ4n) is 1.37. The average molecular weight is 201 g/mol. The Hall–Kier alpha value is -0.560. The summed E-state index contributed by atoms with van der Waals surface area (Å²) < 4.78 is 13.0. The molecule has 1 aromatic rings. The van der Waals surface area contributed by atoms with E-state index in [1.807, 2.05) is 32.9 Å². The van der Waals surface area contributed by atoms with Gasteiger partial charge >= 0.3 is 0 Å². The van der Waals surface area contributed by atoms with Crippen LogP contribution in [0.2, 0.25) is 0 Å². The molecule has 0 aliphatic carbocycles. The Labute approximate surface area is 83.7 Å². The maximum Gasteiger partial charge on any atom is 0.199 e. The molecule has 2 heteroatoms. The highest BCUT2D eigenvalue weighted by atomic mass is 35.5. The smallest absolute Gasteiger partial charge is 0.199 e. The zero-order chi connectivity index (χ0) is 10.1. The van der Waals surface area contributed by atoms with Crippen LogP contribution in [0.4, 0.5) is 4.39 Å². The number of hydrogen-bond donors (Lipinski definition) is 0. The lowest BCUT2D eigenvalue weighted by atomic mass is 9.84. The Morgan fingerprint density at radius 2 is 1.77 bits per heavy atom. The van der Waals surface area contributed by atoms with Crippen LogP contribution in [-0.2, 0) is 5.41 Å².